The molecular formula is C21H29NO6. The third-order valence-corrected chi connectivity index (χ3v) is 4.56. The number of carbonyl (C=O) groups excluding carboxylic acids is 3. The summed E-state index contributed by atoms with van der Waals surface area (Å²) in [4.78, 5) is 36.6. The molecule has 7 nitrogen and oxygen atoms in total. The van der Waals surface area contributed by atoms with Crippen molar-refractivity contribution >= 4 is 17.8 Å². The van der Waals surface area contributed by atoms with Crippen LogP contribution in [0, 0.1) is 0 Å². The van der Waals surface area contributed by atoms with E-state index in [0.29, 0.717) is 0 Å². The molecule has 1 aliphatic rings. The van der Waals surface area contributed by atoms with Crippen LogP contribution in [0.3, 0.4) is 0 Å². The van der Waals surface area contributed by atoms with Gasteiger partial charge in [0.25, 0.3) is 5.91 Å². The highest BCUT2D eigenvalue weighted by molar-refractivity contribution is 5.96. The molecule has 7 heteroatoms. The van der Waals surface area contributed by atoms with E-state index in [1.165, 1.54) is 24.6 Å². The van der Waals surface area contributed by atoms with Crippen LogP contribution in [0.2, 0.25) is 0 Å². The first-order valence-electron chi connectivity index (χ1n) is 9.91. The average molecular weight is 391 g/mol. The fraction of sp³-hybridized carbons (Fsp3) is 0.571. The van der Waals surface area contributed by atoms with Crippen molar-refractivity contribution in [1.29, 1.82) is 0 Å². The standard InChI is InChI=1S/C21H29NO6/c1-4-26-20(24)15-11-16(21(25)27-5-2)13-18(12-15)28-14(3)19(23)22-17-9-7-6-8-10-17/h11-14,17H,4-10H2,1-3H3,(H,22,23)/t14-/m0/s1. The minimum absolute atomic E-state index is 0.169. The van der Waals surface area contributed by atoms with E-state index in [4.69, 9.17) is 14.2 Å². The van der Waals surface area contributed by atoms with Gasteiger partial charge in [0, 0.05) is 6.04 Å². The molecule has 2 rings (SSSR count). The van der Waals surface area contributed by atoms with E-state index in [1.54, 1.807) is 20.8 Å². The van der Waals surface area contributed by atoms with Crippen molar-refractivity contribution in [3.63, 3.8) is 0 Å². The molecule has 1 atom stereocenters. The normalized spacial score (nSPS) is 15.4. The van der Waals surface area contributed by atoms with Gasteiger partial charge in [-0.3, -0.25) is 4.79 Å². The Morgan fingerprint density at radius 3 is 2.00 bits per heavy atom. The Morgan fingerprint density at radius 1 is 0.964 bits per heavy atom. The minimum atomic E-state index is -0.769. The number of hydrogen-bond donors (Lipinski definition) is 1. The zero-order valence-corrected chi connectivity index (χ0v) is 16.8. The molecule has 154 valence electrons. The van der Waals surface area contributed by atoms with Crippen molar-refractivity contribution < 1.29 is 28.6 Å². The third-order valence-electron chi connectivity index (χ3n) is 4.56. The molecule has 0 aromatic heterocycles. The number of carbonyl (C=O) groups is 3. The molecule has 1 saturated carbocycles. The van der Waals surface area contributed by atoms with Crippen LogP contribution in [0.1, 0.15) is 73.6 Å². The Balaban J connectivity index is 2.13. The molecule has 1 aromatic carbocycles. The number of nitrogens with one attached hydrogen (secondary N) is 1. The number of rotatable bonds is 8. The first-order valence-corrected chi connectivity index (χ1v) is 9.91. The maximum atomic E-state index is 12.4. The van der Waals surface area contributed by atoms with Crippen molar-refractivity contribution in [2.75, 3.05) is 13.2 Å². The Labute approximate surface area is 165 Å². The van der Waals surface area contributed by atoms with Crippen molar-refractivity contribution in [2.24, 2.45) is 0 Å². The molecule has 0 saturated heterocycles. The second kappa shape index (κ2) is 10.7. The Morgan fingerprint density at radius 2 is 1.50 bits per heavy atom. The second-order valence-corrected chi connectivity index (χ2v) is 6.79. The zero-order chi connectivity index (χ0) is 20.5. The molecule has 1 amide bonds. The smallest absolute Gasteiger partial charge is 0.338 e. The largest absolute Gasteiger partial charge is 0.481 e. The maximum Gasteiger partial charge on any atom is 0.338 e. The molecule has 0 unspecified atom stereocenters. The maximum absolute atomic E-state index is 12.4. The molecule has 1 fully saturated rings. The fourth-order valence-electron chi connectivity index (χ4n) is 3.15. The summed E-state index contributed by atoms with van der Waals surface area (Å²) in [6, 6.07) is 4.50. The van der Waals surface area contributed by atoms with Crippen LogP contribution in [-0.2, 0) is 14.3 Å². The fourth-order valence-corrected chi connectivity index (χ4v) is 3.15. The van der Waals surface area contributed by atoms with Gasteiger partial charge in [0.15, 0.2) is 6.10 Å². The summed E-state index contributed by atoms with van der Waals surface area (Å²) in [5, 5.41) is 3.01. The Hall–Kier alpha value is -2.57. The van der Waals surface area contributed by atoms with Crippen molar-refractivity contribution in [2.45, 2.75) is 65.0 Å². The predicted octanol–water partition coefficient (Wildman–Crippen LogP) is 3.26. The van der Waals surface area contributed by atoms with Gasteiger partial charge >= 0.3 is 11.9 Å². The number of hydrogen-bond acceptors (Lipinski definition) is 6. The number of amides is 1. The SMILES string of the molecule is CCOC(=O)c1cc(O[C@@H](C)C(=O)NC2CCCCC2)cc(C(=O)OCC)c1. The summed E-state index contributed by atoms with van der Waals surface area (Å²) in [7, 11) is 0. The lowest BCUT2D eigenvalue weighted by Gasteiger charge is -2.24. The van der Waals surface area contributed by atoms with Gasteiger partial charge < -0.3 is 19.5 Å². The summed E-state index contributed by atoms with van der Waals surface area (Å²) in [6.45, 7) is 5.45. The highest BCUT2D eigenvalue weighted by Gasteiger charge is 2.22. The van der Waals surface area contributed by atoms with Gasteiger partial charge in [-0.25, -0.2) is 9.59 Å². The molecule has 1 N–H and O–H groups in total. The third kappa shape index (κ3) is 6.25. The molecule has 0 heterocycles. The first kappa shape index (κ1) is 21.7. The van der Waals surface area contributed by atoms with E-state index in [-0.39, 0.29) is 42.0 Å². The van der Waals surface area contributed by atoms with Gasteiger partial charge in [-0.1, -0.05) is 19.3 Å². The monoisotopic (exact) mass is 391 g/mol. The highest BCUT2D eigenvalue weighted by Crippen LogP contribution is 2.21. The minimum Gasteiger partial charge on any atom is -0.481 e. The van der Waals surface area contributed by atoms with Crippen molar-refractivity contribution in [3.8, 4) is 5.75 Å². The average Bonchev–Trinajstić information content (AvgIpc) is 2.68. The van der Waals surface area contributed by atoms with Crippen LogP contribution < -0.4 is 10.1 Å². The summed E-state index contributed by atoms with van der Waals surface area (Å²) >= 11 is 0. The van der Waals surface area contributed by atoms with Crippen LogP contribution in [0.25, 0.3) is 0 Å². The van der Waals surface area contributed by atoms with Crippen molar-refractivity contribution in [3.05, 3.63) is 29.3 Å². The van der Waals surface area contributed by atoms with E-state index in [9.17, 15) is 14.4 Å². The van der Waals surface area contributed by atoms with Crippen LogP contribution in [-0.4, -0.2) is 43.2 Å². The van der Waals surface area contributed by atoms with Gasteiger partial charge in [0.05, 0.1) is 24.3 Å². The second-order valence-electron chi connectivity index (χ2n) is 6.79. The summed E-state index contributed by atoms with van der Waals surface area (Å²) in [5.41, 5.74) is 0.338. The van der Waals surface area contributed by atoms with E-state index in [0.717, 1.165) is 25.7 Å². The van der Waals surface area contributed by atoms with Gasteiger partial charge in [-0.15, -0.1) is 0 Å². The molecule has 1 aliphatic carbocycles. The molecule has 28 heavy (non-hydrogen) atoms. The number of benzene rings is 1. The molecule has 0 spiro atoms. The quantitative estimate of drug-likeness (QED) is 0.684. The van der Waals surface area contributed by atoms with Crippen LogP contribution in [0.15, 0.2) is 18.2 Å². The van der Waals surface area contributed by atoms with Gasteiger partial charge in [0.2, 0.25) is 0 Å². The van der Waals surface area contributed by atoms with Crippen molar-refractivity contribution in [1.82, 2.24) is 5.32 Å². The molecule has 0 radical (unpaired) electrons. The van der Waals surface area contributed by atoms with Gasteiger partial charge in [-0.2, -0.15) is 0 Å². The van der Waals surface area contributed by atoms with E-state index in [1.807, 2.05) is 0 Å². The first-order chi connectivity index (χ1) is 13.4. The predicted molar refractivity (Wildman–Crippen MR) is 103 cm³/mol. The Kier molecular flexibility index (Phi) is 8.29. The summed E-state index contributed by atoms with van der Waals surface area (Å²) in [6.07, 6.45) is 4.62. The van der Waals surface area contributed by atoms with Crippen LogP contribution >= 0.6 is 0 Å². The Bertz CT molecular complexity index is 660. The zero-order valence-electron chi connectivity index (χ0n) is 16.8. The lowest BCUT2D eigenvalue weighted by molar-refractivity contribution is -0.128. The summed E-state index contributed by atoms with van der Waals surface area (Å²) < 4.78 is 15.7. The molecule has 1 aromatic rings. The molecule has 0 bridgehead atoms. The van der Waals surface area contributed by atoms with Gasteiger partial charge in [-0.05, 0) is 51.8 Å². The lowest BCUT2D eigenvalue weighted by Crippen LogP contribution is -2.43. The number of esters is 2. The summed E-state index contributed by atoms with van der Waals surface area (Å²) in [5.74, 6) is -1.12. The highest BCUT2D eigenvalue weighted by atomic mass is 16.5. The van der Waals surface area contributed by atoms with Crippen LogP contribution in [0.4, 0.5) is 0 Å². The van der Waals surface area contributed by atoms with E-state index in [2.05, 4.69) is 5.32 Å². The molecule has 0 aliphatic heterocycles. The van der Waals surface area contributed by atoms with Crippen LogP contribution in [0.5, 0.6) is 5.75 Å². The number of ether oxygens (including phenoxy) is 3. The topological polar surface area (TPSA) is 90.9 Å². The van der Waals surface area contributed by atoms with E-state index < -0.39 is 18.0 Å². The van der Waals surface area contributed by atoms with Gasteiger partial charge in [0.1, 0.15) is 5.75 Å². The van der Waals surface area contributed by atoms with E-state index >= 15 is 0 Å². The molecular weight excluding hydrogens is 362 g/mol. The lowest BCUT2D eigenvalue weighted by atomic mass is 9.95.